The maximum atomic E-state index is 7.00. The standard InChI is InChI=1S/C29H61N/c1-4-7-10-13-16-19-22-25-28-29(30,26-23-20-17-14-11-8-5-2)27-24-21-18-15-12-9-6-3/h4-28,30H2,1-3H3. The number of unbranched alkanes of at least 4 members (excludes halogenated alkanes) is 19. The van der Waals surface area contributed by atoms with Crippen molar-refractivity contribution in [1.29, 1.82) is 0 Å². The first-order chi connectivity index (χ1) is 14.7. The molecular weight excluding hydrogens is 362 g/mol. The van der Waals surface area contributed by atoms with Gasteiger partial charge >= 0.3 is 0 Å². The van der Waals surface area contributed by atoms with E-state index in [2.05, 4.69) is 20.8 Å². The topological polar surface area (TPSA) is 26.0 Å². The van der Waals surface area contributed by atoms with E-state index in [4.69, 9.17) is 5.73 Å². The largest absolute Gasteiger partial charge is 0.325 e. The van der Waals surface area contributed by atoms with Crippen molar-refractivity contribution in [2.45, 2.75) is 187 Å². The fourth-order valence-electron chi connectivity index (χ4n) is 4.85. The van der Waals surface area contributed by atoms with Gasteiger partial charge in [-0.25, -0.2) is 0 Å². The highest BCUT2D eigenvalue weighted by Crippen LogP contribution is 2.27. The van der Waals surface area contributed by atoms with E-state index in [9.17, 15) is 0 Å². The van der Waals surface area contributed by atoms with E-state index in [0.29, 0.717) is 0 Å². The van der Waals surface area contributed by atoms with E-state index in [-0.39, 0.29) is 5.54 Å². The lowest BCUT2D eigenvalue weighted by Crippen LogP contribution is -2.39. The van der Waals surface area contributed by atoms with Crippen LogP contribution in [-0.4, -0.2) is 5.54 Å². The molecule has 0 amide bonds. The molecule has 0 aliphatic rings. The zero-order valence-corrected chi connectivity index (χ0v) is 21.8. The van der Waals surface area contributed by atoms with Crippen molar-refractivity contribution >= 4 is 0 Å². The van der Waals surface area contributed by atoms with E-state index >= 15 is 0 Å². The molecule has 0 fully saturated rings. The van der Waals surface area contributed by atoms with Crippen LogP contribution in [-0.2, 0) is 0 Å². The van der Waals surface area contributed by atoms with Crippen molar-refractivity contribution in [3.8, 4) is 0 Å². The molecule has 0 atom stereocenters. The second-order valence-corrected chi connectivity index (χ2v) is 10.3. The Labute approximate surface area is 192 Å². The van der Waals surface area contributed by atoms with Crippen molar-refractivity contribution in [3.05, 3.63) is 0 Å². The average Bonchev–Trinajstić information content (AvgIpc) is 2.74. The molecule has 182 valence electrons. The van der Waals surface area contributed by atoms with Crippen LogP contribution in [0.3, 0.4) is 0 Å². The first-order valence-corrected chi connectivity index (χ1v) is 14.5. The van der Waals surface area contributed by atoms with Crippen LogP contribution in [0.25, 0.3) is 0 Å². The minimum Gasteiger partial charge on any atom is -0.325 e. The van der Waals surface area contributed by atoms with Gasteiger partial charge < -0.3 is 5.73 Å². The lowest BCUT2D eigenvalue weighted by atomic mass is 9.82. The quantitative estimate of drug-likeness (QED) is 0.145. The molecule has 0 aromatic rings. The number of hydrogen-bond donors (Lipinski definition) is 1. The highest BCUT2D eigenvalue weighted by atomic mass is 14.7. The Hall–Kier alpha value is -0.0400. The third-order valence-electron chi connectivity index (χ3n) is 7.08. The SMILES string of the molecule is CCCCCCCCCCC(N)(CCCCCCCCC)CCCCCCCCC. The van der Waals surface area contributed by atoms with Crippen molar-refractivity contribution in [2.75, 3.05) is 0 Å². The second-order valence-electron chi connectivity index (χ2n) is 10.3. The Bertz CT molecular complexity index is 293. The lowest BCUT2D eigenvalue weighted by molar-refractivity contribution is 0.302. The molecule has 0 saturated heterocycles. The molecule has 1 heteroatoms. The zero-order valence-electron chi connectivity index (χ0n) is 21.8. The molecule has 0 unspecified atom stereocenters. The molecule has 0 rings (SSSR count). The van der Waals surface area contributed by atoms with Crippen LogP contribution in [0.1, 0.15) is 181 Å². The van der Waals surface area contributed by atoms with Crippen molar-refractivity contribution in [3.63, 3.8) is 0 Å². The van der Waals surface area contributed by atoms with Gasteiger partial charge in [0, 0.05) is 5.54 Å². The van der Waals surface area contributed by atoms with Gasteiger partial charge in [0.1, 0.15) is 0 Å². The summed E-state index contributed by atoms with van der Waals surface area (Å²) in [6, 6.07) is 0. The summed E-state index contributed by atoms with van der Waals surface area (Å²) in [5.74, 6) is 0. The molecule has 0 aliphatic heterocycles. The van der Waals surface area contributed by atoms with Crippen LogP contribution < -0.4 is 5.73 Å². The summed E-state index contributed by atoms with van der Waals surface area (Å²) in [4.78, 5) is 0. The van der Waals surface area contributed by atoms with Gasteiger partial charge in [-0.05, 0) is 19.3 Å². The molecule has 0 heterocycles. The number of hydrogen-bond acceptors (Lipinski definition) is 1. The average molecular weight is 424 g/mol. The van der Waals surface area contributed by atoms with Gasteiger partial charge in [0.2, 0.25) is 0 Å². The fraction of sp³-hybridized carbons (Fsp3) is 1.00. The molecule has 2 N–H and O–H groups in total. The zero-order chi connectivity index (χ0) is 22.2. The Morgan fingerprint density at radius 2 is 0.533 bits per heavy atom. The summed E-state index contributed by atoms with van der Waals surface area (Å²) in [6.07, 6.45) is 34.7. The summed E-state index contributed by atoms with van der Waals surface area (Å²) in [6.45, 7) is 6.91. The predicted octanol–water partition coefficient (Wildman–Crippen LogP) is 10.5. The fourth-order valence-corrected chi connectivity index (χ4v) is 4.85. The molecule has 0 bridgehead atoms. The normalized spacial score (nSPS) is 12.0. The molecule has 0 aromatic carbocycles. The van der Waals surface area contributed by atoms with E-state index in [1.54, 1.807) is 0 Å². The van der Waals surface area contributed by atoms with Crippen LogP contribution in [0.2, 0.25) is 0 Å². The Morgan fingerprint density at radius 3 is 0.767 bits per heavy atom. The van der Waals surface area contributed by atoms with E-state index in [1.807, 2.05) is 0 Å². The maximum absolute atomic E-state index is 7.00. The minimum absolute atomic E-state index is 0.134. The lowest BCUT2D eigenvalue weighted by Gasteiger charge is -2.30. The summed E-state index contributed by atoms with van der Waals surface area (Å²) in [5.41, 5.74) is 7.14. The summed E-state index contributed by atoms with van der Waals surface area (Å²) >= 11 is 0. The highest BCUT2D eigenvalue weighted by Gasteiger charge is 2.23. The first kappa shape index (κ1) is 30.0. The van der Waals surface area contributed by atoms with Crippen LogP contribution in [0.5, 0.6) is 0 Å². The summed E-state index contributed by atoms with van der Waals surface area (Å²) in [5, 5.41) is 0. The van der Waals surface area contributed by atoms with Gasteiger partial charge in [-0.2, -0.15) is 0 Å². The predicted molar refractivity (Wildman–Crippen MR) is 139 cm³/mol. The smallest absolute Gasteiger partial charge is 0.0154 e. The Morgan fingerprint density at radius 1 is 0.333 bits per heavy atom. The van der Waals surface area contributed by atoms with E-state index in [1.165, 1.54) is 161 Å². The number of rotatable bonds is 25. The maximum Gasteiger partial charge on any atom is 0.0154 e. The van der Waals surface area contributed by atoms with Gasteiger partial charge in [-0.3, -0.25) is 0 Å². The second kappa shape index (κ2) is 23.6. The van der Waals surface area contributed by atoms with Gasteiger partial charge in [0.25, 0.3) is 0 Å². The van der Waals surface area contributed by atoms with Gasteiger partial charge in [-0.15, -0.1) is 0 Å². The monoisotopic (exact) mass is 423 g/mol. The van der Waals surface area contributed by atoms with E-state index in [0.717, 1.165) is 0 Å². The Balaban J connectivity index is 4.03. The van der Waals surface area contributed by atoms with Crippen LogP contribution >= 0.6 is 0 Å². The van der Waals surface area contributed by atoms with E-state index < -0.39 is 0 Å². The van der Waals surface area contributed by atoms with Gasteiger partial charge in [-0.1, -0.05) is 162 Å². The summed E-state index contributed by atoms with van der Waals surface area (Å²) < 4.78 is 0. The van der Waals surface area contributed by atoms with Crippen LogP contribution in [0.4, 0.5) is 0 Å². The third kappa shape index (κ3) is 21.2. The molecule has 0 radical (unpaired) electrons. The van der Waals surface area contributed by atoms with Crippen LogP contribution in [0, 0.1) is 0 Å². The number of nitrogens with two attached hydrogens (primary N) is 1. The van der Waals surface area contributed by atoms with Crippen molar-refractivity contribution in [1.82, 2.24) is 0 Å². The van der Waals surface area contributed by atoms with Crippen molar-refractivity contribution < 1.29 is 0 Å². The minimum atomic E-state index is 0.134. The Kier molecular flexibility index (Phi) is 23.6. The third-order valence-corrected chi connectivity index (χ3v) is 7.08. The molecule has 0 aromatic heterocycles. The van der Waals surface area contributed by atoms with Gasteiger partial charge in [0.15, 0.2) is 0 Å². The van der Waals surface area contributed by atoms with Crippen LogP contribution in [0.15, 0.2) is 0 Å². The first-order valence-electron chi connectivity index (χ1n) is 14.5. The molecular formula is C29H61N. The molecule has 1 nitrogen and oxygen atoms in total. The molecule has 30 heavy (non-hydrogen) atoms. The van der Waals surface area contributed by atoms with Gasteiger partial charge in [0.05, 0.1) is 0 Å². The highest BCUT2D eigenvalue weighted by molar-refractivity contribution is 4.84. The van der Waals surface area contributed by atoms with Crippen molar-refractivity contribution in [2.24, 2.45) is 5.73 Å². The molecule has 0 aliphatic carbocycles. The molecule has 0 spiro atoms. The summed E-state index contributed by atoms with van der Waals surface area (Å²) in [7, 11) is 0. The molecule has 0 saturated carbocycles.